The summed E-state index contributed by atoms with van der Waals surface area (Å²) in [5, 5.41) is 12.0. The lowest BCUT2D eigenvalue weighted by atomic mass is 10.0. The SMILES string of the molecule is CC(C)CC(NC(=O)COc1c(Cl)cccc1Cl)C(=O)O. The molecule has 21 heavy (non-hydrogen) atoms. The molecule has 7 heteroatoms. The highest BCUT2D eigenvalue weighted by Crippen LogP contribution is 2.32. The number of ether oxygens (including phenoxy) is 1. The highest BCUT2D eigenvalue weighted by molar-refractivity contribution is 6.37. The second kappa shape index (κ2) is 8.10. The van der Waals surface area contributed by atoms with Gasteiger partial charge in [0, 0.05) is 0 Å². The molecule has 0 aromatic heterocycles. The molecule has 1 aromatic rings. The fourth-order valence-electron chi connectivity index (χ4n) is 1.69. The number of hydrogen-bond donors (Lipinski definition) is 2. The van der Waals surface area contributed by atoms with Gasteiger partial charge in [-0.25, -0.2) is 4.79 Å². The normalized spacial score (nSPS) is 12.0. The third-order valence-corrected chi connectivity index (χ3v) is 3.20. The maximum Gasteiger partial charge on any atom is 0.326 e. The van der Waals surface area contributed by atoms with Crippen LogP contribution in [0.1, 0.15) is 20.3 Å². The fourth-order valence-corrected chi connectivity index (χ4v) is 2.19. The maximum atomic E-state index is 11.7. The van der Waals surface area contributed by atoms with Crippen molar-refractivity contribution in [3.63, 3.8) is 0 Å². The van der Waals surface area contributed by atoms with Crippen molar-refractivity contribution < 1.29 is 19.4 Å². The van der Waals surface area contributed by atoms with Gasteiger partial charge in [0.1, 0.15) is 6.04 Å². The van der Waals surface area contributed by atoms with Gasteiger partial charge in [-0.3, -0.25) is 4.79 Å². The van der Waals surface area contributed by atoms with Gasteiger partial charge in [-0.05, 0) is 24.5 Å². The Labute approximate surface area is 133 Å². The van der Waals surface area contributed by atoms with E-state index in [2.05, 4.69) is 5.32 Å². The summed E-state index contributed by atoms with van der Waals surface area (Å²) in [6, 6.07) is 3.88. The summed E-state index contributed by atoms with van der Waals surface area (Å²) in [5.74, 6) is -1.27. The zero-order chi connectivity index (χ0) is 16.0. The molecule has 2 N–H and O–H groups in total. The number of amides is 1. The number of halogens is 2. The van der Waals surface area contributed by atoms with Crippen molar-refractivity contribution in [2.45, 2.75) is 26.3 Å². The van der Waals surface area contributed by atoms with Crippen LogP contribution in [0.2, 0.25) is 10.0 Å². The molecular formula is C14H17Cl2NO4. The molecule has 1 atom stereocenters. The molecule has 1 rings (SSSR count). The van der Waals surface area contributed by atoms with E-state index in [1.807, 2.05) is 13.8 Å². The highest BCUT2D eigenvalue weighted by atomic mass is 35.5. The molecule has 0 radical (unpaired) electrons. The Morgan fingerprint density at radius 2 is 1.86 bits per heavy atom. The van der Waals surface area contributed by atoms with Crippen LogP contribution in [0.4, 0.5) is 0 Å². The van der Waals surface area contributed by atoms with Gasteiger partial charge in [0.25, 0.3) is 5.91 Å². The number of carbonyl (C=O) groups excluding carboxylic acids is 1. The number of para-hydroxylation sites is 1. The smallest absolute Gasteiger partial charge is 0.326 e. The van der Waals surface area contributed by atoms with Crippen LogP contribution in [-0.4, -0.2) is 29.6 Å². The van der Waals surface area contributed by atoms with Crippen LogP contribution in [0.25, 0.3) is 0 Å². The minimum absolute atomic E-state index is 0.144. The van der Waals surface area contributed by atoms with Crippen LogP contribution < -0.4 is 10.1 Å². The summed E-state index contributed by atoms with van der Waals surface area (Å²) in [6.45, 7) is 3.40. The van der Waals surface area contributed by atoms with Crippen molar-refractivity contribution in [1.82, 2.24) is 5.32 Å². The number of nitrogens with one attached hydrogen (secondary N) is 1. The molecule has 5 nitrogen and oxygen atoms in total. The lowest BCUT2D eigenvalue weighted by Crippen LogP contribution is -2.43. The maximum absolute atomic E-state index is 11.7. The molecule has 0 heterocycles. The molecule has 0 spiro atoms. The summed E-state index contributed by atoms with van der Waals surface area (Å²) >= 11 is 11.8. The largest absolute Gasteiger partial charge is 0.481 e. The van der Waals surface area contributed by atoms with Gasteiger partial charge < -0.3 is 15.2 Å². The van der Waals surface area contributed by atoms with E-state index in [1.165, 1.54) is 0 Å². The van der Waals surface area contributed by atoms with Gasteiger partial charge in [0.2, 0.25) is 0 Å². The predicted molar refractivity (Wildman–Crippen MR) is 81.0 cm³/mol. The van der Waals surface area contributed by atoms with E-state index in [-0.39, 0.29) is 28.3 Å². The first kappa shape index (κ1) is 17.6. The van der Waals surface area contributed by atoms with Crippen molar-refractivity contribution >= 4 is 35.1 Å². The van der Waals surface area contributed by atoms with Crippen LogP contribution in [0.5, 0.6) is 5.75 Å². The van der Waals surface area contributed by atoms with Crippen LogP contribution in [0.3, 0.4) is 0 Å². The van der Waals surface area contributed by atoms with E-state index in [4.69, 9.17) is 33.0 Å². The van der Waals surface area contributed by atoms with Crippen molar-refractivity contribution in [3.8, 4) is 5.75 Å². The molecule has 1 unspecified atom stereocenters. The Bertz CT molecular complexity index is 499. The molecule has 1 aromatic carbocycles. The Balaban J connectivity index is 2.59. The van der Waals surface area contributed by atoms with E-state index in [0.717, 1.165) is 0 Å². The van der Waals surface area contributed by atoms with Gasteiger partial charge in [0.15, 0.2) is 12.4 Å². The predicted octanol–water partition coefficient (Wildman–Crippen LogP) is 2.99. The van der Waals surface area contributed by atoms with Gasteiger partial charge in [-0.1, -0.05) is 43.1 Å². The average molecular weight is 334 g/mol. The van der Waals surface area contributed by atoms with Gasteiger partial charge >= 0.3 is 5.97 Å². The van der Waals surface area contributed by atoms with Crippen molar-refractivity contribution in [2.75, 3.05) is 6.61 Å². The van der Waals surface area contributed by atoms with Crippen molar-refractivity contribution in [2.24, 2.45) is 5.92 Å². The minimum atomic E-state index is -1.08. The lowest BCUT2D eigenvalue weighted by molar-refractivity contribution is -0.142. The fraction of sp³-hybridized carbons (Fsp3) is 0.429. The Kier molecular flexibility index (Phi) is 6.78. The van der Waals surface area contributed by atoms with E-state index in [0.29, 0.717) is 6.42 Å². The third kappa shape index (κ3) is 5.81. The number of rotatable bonds is 7. The molecule has 0 aliphatic heterocycles. The molecule has 116 valence electrons. The second-order valence-corrected chi connectivity index (χ2v) is 5.74. The number of benzene rings is 1. The quantitative estimate of drug-likeness (QED) is 0.804. The van der Waals surface area contributed by atoms with Crippen molar-refractivity contribution in [1.29, 1.82) is 0 Å². The van der Waals surface area contributed by atoms with Gasteiger partial charge in [-0.2, -0.15) is 0 Å². The van der Waals surface area contributed by atoms with Gasteiger partial charge in [-0.15, -0.1) is 0 Å². The topological polar surface area (TPSA) is 75.6 Å². The van der Waals surface area contributed by atoms with Gasteiger partial charge in [0.05, 0.1) is 10.0 Å². The molecule has 0 aliphatic rings. The third-order valence-electron chi connectivity index (χ3n) is 2.61. The summed E-state index contributed by atoms with van der Waals surface area (Å²) in [5.41, 5.74) is 0. The standard InChI is InChI=1S/C14H17Cl2NO4/c1-8(2)6-11(14(19)20)17-12(18)7-21-13-9(15)4-3-5-10(13)16/h3-5,8,11H,6-7H2,1-2H3,(H,17,18)(H,19,20). The first-order valence-corrected chi connectivity index (χ1v) is 7.15. The van der Waals surface area contributed by atoms with E-state index >= 15 is 0 Å². The molecule has 0 saturated heterocycles. The summed E-state index contributed by atoms with van der Waals surface area (Å²) in [6.07, 6.45) is 0.341. The summed E-state index contributed by atoms with van der Waals surface area (Å²) < 4.78 is 5.25. The zero-order valence-electron chi connectivity index (χ0n) is 11.7. The monoisotopic (exact) mass is 333 g/mol. The minimum Gasteiger partial charge on any atom is -0.481 e. The molecular weight excluding hydrogens is 317 g/mol. The summed E-state index contributed by atoms with van der Waals surface area (Å²) in [4.78, 5) is 22.8. The van der Waals surface area contributed by atoms with E-state index in [9.17, 15) is 9.59 Å². The van der Waals surface area contributed by atoms with Crippen LogP contribution >= 0.6 is 23.2 Å². The molecule has 0 aliphatic carbocycles. The number of carbonyl (C=O) groups is 2. The first-order chi connectivity index (χ1) is 9.81. The zero-order valence-corrected chi connectivity index (χ0v) is 13.2. The van der Waals surface area contributed by atoms with E-state index in [1.54, 1.807) is 18.2 Å². The lowest BCUT2D eigenvalue weighted by Gasteiger charge is -2.17. The molecule has 0 bridgehead atoms. The Hall–Kier alpha value is -1.46. The Morgan fingerprint density at radius 1 is 1.29 bits per heavy atom. The van der Waals surface area contributed by atoms with Crippen molar-refractivity contribution in [3.05, 3.63) is 28.2 Å². The van der Waals surface area contributed by atoms with Crippen LogP contribution in [0.15, 0.2) is 18.2 Å². The van der Waals surface area contributed by atoms with Crippen LogP contribution in [-0.2, 0) is 9.59 Å². The first-order valence-electron chi connectivity index (χ1n) is 6.40. The highest BCUT2D eigenvalue weighted by Gasteiger charge is 2.21. The van der Waals surface area contributed by atoms with Crippen LogP contribution in [0, 0.1) is 5.92 Å². The number of carboxylic acid groups (broad SMARTS) is 1. The molecule has 0 fully saturated rings. The number of carboxylic acids is 1. The Morgan fingerprint density at radius 3 is 2.33 bits per heavy atom. The second-order valence-electron chi connectivity index (χ2n) is 4.93. The number of aliphatic carboxylic acids is 1. The molecule has 1 amide bonds. The number of hydrogen-bond acceptors (Lipinski definition) is 3. The molecule has 0 saturated carbocycles. The average Bonchev–Trinajstić information content (AvgIpc) is 2.36. The summed E-state index contributed by atoms with van der Waals surface area (Å²) in [7, 11) is 0. The van der Waals surface area contributed by atoms with E-state index < -0.39 is 17.9 Å².